The van der Waals surface area contributed by atoms with E-state index in [1.54, 1.807) is 0 Å². The number of unbranched alkanes of at least 4 members (excludes halogenated alkanes) is 1. The summed E-state index contributed by atoms with van der Waals surface area (Å²) in [4.78, 5) is 0. The number of hydrogen-bond acceptors (Lipinski definition) is 1. The molecule has 0 saturated carbocycles. The van der Waals surface area contributed by atoms with Crippen molar-refractivity contribution in [3.05, 3.63) is 23.8 Å². The van der Waals surface area contributed by atoms with Crippen molar-refractivity contribution in [1.82, 2.24) is 0 Å². The summed E-state index contributed by atoms with van der Waals surface area (Å²) in [5.41, 5.74) is 7.32. The lowest BCUT2D eigenvalue weighted by atomic mass is 10.1. The van der Waals surface area contributed by atoms with E-state index in [2.05, 4.69) is 39.0 Å². The van der Waals surface area contributed by atoms with Gasteiger partial charge in [-0.1, -0.05) is 44.1 Å². The second-order valence-corrected chi connectivity index (χ2v) is 3.54. The van der Waals surface area contributed by atoms with Gasteiger partial charge in [0.25, 0.3) is 0 Å². The maximum absolute atomic E-state index is 5.92. The second kappa shape index (κ2) is 8.06. The van der Waals surface area contributed by atoms with Crippen LogP contribution in [0.4, 0.5) is 0 Å². The van der Waals surface area contributed by atoms with E-state index in [0.29, 0.717) is 0 Å². The fraction of sp³-hybridized carbons (Fsp3) is 0.667. The highest BCUT2D eigenvalue weighted by Crippen LogP contribution is 2.05. The predicted octanol–water partition coefficient (Wildman–Crippen LogP) is 3.42. The van der Waals surface area contributed by atoms with Crippen LogP contribution in [0.15, 0.2) is 23.8 Å². The molecule has 0 aliphatic carbocycles. The Bertz CT molecular complexity index is 168. The number of hydrogen-bond donors (Lipinski definition) is 1. The first kappa shape index (κ1) is 12.4. The molecule has 0 aliphatic heterocycles. The quantitative estimate of drug-likeness (QED) is 0.624. The summed E-state index contributed by atoms with van der Waals surface area (Å²) in [6.07, 6.45) is 11.0. The molecule has 0 aromatic carbocycles. The molecule has 2 N–H and O–H groups in total. The largest absolute Gasteiger partial charge is 0.324 e. The molecule has 0 spiro atoms. The van der Waals surface area contributed by atoms with Crippen molar-refractivity contribution < 1.29 is 0 Å². The van der Waals surface area contributed by atoms with Gasteiger partial charge < -0.3 is 5.73 Å². The number of rotatable bonds is 6. The lowest BCUT2D eigenvalue weighted by Crippen LogP contribution is -2.16. The summed E-state index contributed by atoms with van der Waals surface area (Å²) in [5, 5.41) is 0. The van der Waals surface area contributed by atoms with Gasteiger partial charge in [0.15, 0.2) is 0 Å². The van der Waals surface area contributed by atoms with E-state index in [1.807, 2.05) is 0 Å². The Morgan fingerprint density at radius 1 is 1.38 bits per heavy atom. The van der Waals surface area contributed by atoms with E-state index in [0.717, 1.165) is 19.3 Å². The van der Waals surface area contributed by atoms with Crippen LogP contribution in [0.1, 0.15) is 46.5 Å². The van der Waals surface area contributed by atoms with Crippen molar-refractivity contribution in [1.29, 1.82) is 0 Å². The molecular formula is C12H23N. The first-order valence-electron chi connectivity index (χ1n) is 5.28. The average molecular weight is 181 g/mol. The van der Waals surface area contributed by atoms with E-state index in [9.17, 15) is 0 Å². The van der Waals surface area contributed by atoms with Crippen molar-refractivity contribution in [2.45, 2.75) is 52.5 Å². The molecular weight excluding hydrogens is 158 g/mol. The zero-order valence-corrected chi connectivity index (χ0v) is 9.22. The van der Waals surface area contributed by atoms with Gasteiger partial charge in [-0.05, 0) is 26.2 Å². The van der Waals surface area contributed by atoms with Crippen molar-refractivity contribution in [2.24, 2.45) is 5.73 Å². The number of nitrogens with two attached hydrogens (primary N) is 1. The minimum absolute atomic E-state index is 0.203. The molecule has 1 nitrogen and oxygen atoms in total. The zero-order valence-electron chi connectivity index (χ0n) is 9.22. The Balaban J connectivity index is 3.73. The molecule has 0 aromatic heterocycles. The van der Waals surface area contributed by atoms with Crippen LogP contribution in [0.2, 0.25) is 0 Å². The van der Waals surface area contributed by atoms with E-state index < -0.39 is 0 Å². The summed E-state index contributed by atoms with van der Waals surface area (Å²) in [5.74, 6) is 0. The van der Waals surface area contributed by atoms with Crippen LogP contribution in [-0.4, -0.2) is 6.04 Å². The Morgan fingerprint density at radius 3 is 2.62 bits per heavy atom. The molecule has 0 aliphatic rings. The smallest absolute Gasteiger partial charge is 0.0261 e. The zero-order chi connectivity index (χ0) is 10.1. The maximum Gasteiger partial charge on any atom is 0.0261 e. The van der Waals surface area contributed by atoms with Crippen LogP contribution < -0.4 is 5.73 Å². The average Bonchev–Trinajstić information content (AvgIpc) is 2.05. The van der Waals surface area contributed by atoms with Crippen molar-refractivity contribution in [3.8, 4) is 0 Å². The summed E-state index contributed by atoms with van der Waals surface area (Å²) in [6.45, 7) is 6.48. The Kier molecular flexibility index (Phi) is 7.71. The van der Waals surface area contributed by atoms with Crippen molar-refractivity contribution >= 4 is 0 Å². The molecule has 0 fully saturated rings. The molecule has 0 aromatic rings. The predicted molar refractivity (Wildman–Crippen MR) is 60.7 cm³/mol. The van der Waals surface area contributed by atoms with Crippen LogP contribution in [0.25, 0.3) is 0 Å². The van der Waals surface area contributed by atoms with Crippen LogP contribution in [-0.2, 0) is 0 Å². The summed E-state index contributed by atoms with van der Waals surface area (Å²) >= 11 is 0. The second-order valence-electron chi connectivity index (χ2n) is 3.54. The highest BCUT2D eigenvalue weighted by molar-refractivity contribution is 5.04. The molecule has 0 bridgehead atoms. The fourth-order valence-electron chi connectivity index (χ4n) is 1.31. The summed E-state index contributed by atoms with van der Waals surface area (Å²) < 4.78 is 0. The van der Waals surface area contributed by atoms with E-state index in [1.165, 1.54) is 12.0 Å². The Morgan fingerprint density at radius 2 is 2.08 bits per heavy atom. The van der Waals surface area contributed by atoms with E-state index in [-0.39, 0.29) is 6.04 Å². The lowest BCUT2D eigenvalue weighted by Gasteiger charge is -2.06. The van der Waals surface area contributed by atoms with E-state index in [4.69, 9.17) is 5.73 Å². The Labute approximate surface area is 82.7 Å². The molecule has 76 valence electrons. The van der Waals surface area contributed by atoms with Crippen molar-refractivity contribution in [3.63, 3.8) is 0 Å². The Hall–Kier alpha value is -0.560. The topological polar surface area (TPSA) is 26.0 Å². The van der Waals surface area contributed by atoms with Crippen LogP contribution in [0, 0.1) is 0 Å². The highest BCUT2D eigenvalue weighted by Gasteiger charge is 1.97. The monoisotopic (exact) mass is 181 g/mol. The van der Waals surface area contributed by atoms with E-state index >= 15 is 0 Å². The molecule has 1 unspecified atom stereocenters. The van der Waals surface area contributed by atoms with Gasteiger partial charge in [-0.25, -0.2) is 0 Å². The van der Waals surface area contributed by atoms with Crippen LogP contribution in [0.5, 0.6) is 0 Å². The van der Waals surface area contributed by atoms with Gasteiger partial charge in [-0.2, -0.15) is 0 Å². The first-order valence-corrected chi connectivity index (χ1v) is 5.28. The third kappa shape index (κ3) is 7.79. The van der Waals surface area contributed by atoms with Gasteiger partial charge >= 0.3 is 0 Å². The minimum atomic E-state index is 0.203. The highest BCUT2D eigenvalue weighted by atomic mass is 14.6. The normalized spacial score (nSPS) is 15.2. The molecule has 0 heterocycles. The molecule has 0 saturated heterocycles. The standard InChI is InChI=1S/C12H23N/c1-4-6-7-9-12(13)10-11(3)8-5-2/h7-9,12H,4-6,10,13H2,1-3H3. The SMILES string of the molecule is CCC=C(C)CC(N)C=CCCC. The van der Waals surface area contributed by atoms with Gasteiger partial charge in [-0.15, -0.1) is 0 Å². The minimum Gasteiger partial charge on any atom is -0.324 e. The van der Waals surface area contributed by atoms with Gasteiger partial charge in [0, 0.05) is 6.04 Å². The van der Waals surface area contributed by atoms with Gasteiger partial charge in [0.1, 0.15) is 0 Å². The molecule has 13 heavy (non-hydrogen) atoms. The molecule has 0 amide bonds. The maximum atomic E-state index is 5.92. The van der Waals surface area contributed by atoms with Gasteiger partial charge in [0.05, 0.1) is 0 Å². The van der Waals surface area contributed by atoms with Crippen molar-refractivity contribution in [2.75, 3.05) is 0 Å². The summed E-state index contributed by atoms with van der Waals surface area (Å²) in [6, 6.07) is 0.203. The van der Waals surface area contributed by atoms with Crippen LogP contribution >= 0.6 is 0 Å². The lowest BCUT2D eigenvalue weighted by molar-refractivity contribution is 0.789. The number of allylic oxidation sites excluding steroid dienone is 2. The van der Waals surface area contributed by atoms with Gasteiger partial charge in [0.2, 0.25) is 0 Å². The van der Waals surface area contributed by atoms with Gasteiger partial charge in [-0.3, -0.25) is 0 Å². The molecule has 0 radical (unpaired) electrons. The first-order chi connectivity index (χ1) is 6.20. The molecule has 1 heteroatoms. The van der Waals surface area contributed by atoms with Crippen LogP contribution in [0.3, 0.4) is 0 Å². The summed E-state index contributed by atoms with van der Waals surface area (Å²) in [7, 11) is 0. The molecule has 1 atom stereocenters. The fourth-order valence-corrected chi connectivity index (χ4v) is 1.31. The third-order valence-electron chi connectivity index (χ3n) is 1.95. The third-order valence-corrected chi connectivity index (χ3v) is 1.95. The molecule has 0 rings (SSSR count).